The second-order valence-corrected chi connectivity index (χ2v) is 4.71. The average molecular weight is 308 g/mol. The number of esters is 2. The lowest BCUT2D eigenvalue weighted by atomic mass is 10.2. The molecule has 0 aliphatic carbocycles. The molecule has 22 heavy (non-hydrogen) atoms. The molecule has 0 saturated heterocycles. The smallest absolute Gasteiger partial charge is 0.328 e. The summed E-state index contributed by atoms with van der Waals surface area (Å²) in [4.78, 5) is 34.5. The Labute approximate surface area is 128 Å². The molecule has 2 atom stereocenters. The van der Waals surface area contributed by atoms with Crippen LogP contribution in [0.25, 0.3) is 0 Å². The third-order valence-corrected chi connectivity index (χ3v) is 2.88. The third-order valence-electron chi connectivity index (χ3n) is 2.88. The Morgan fingerprint density at radius 2 is 1.86 bits per heavy atom. The van der Waals surface area contributed by atoms with E-state index >= 15 is 0 Å². The van der Waals surface area contributed by atoms with Crippen molar-refractivity contribution in [2.24, 2.45) is 5.73 Å². The Balaban J connectivity index is 2.37. The molecule has 0 heterocycles. The van der Waals surface area contributed by atoms with E-state index in [1.165, 1.54) is 14.0 Å². The lowest BCUT2D eigenvalue weighted by Crippen LogP contribution is -2.48. The molecule has 1 rings (SSSR count). The average Bonchev–Trinajstić information content (AvgIpc) is 2.52. The maximum Gasteiger partial charge on any atom is 0.328 e. The molecule has 0 saturated carbocycles. The number of ether oxygens (including phenoxy) is 2. The van der Waals surface area contributed by atoms with Gasteiger partial charge in [-0.3, -0.25) is 9.59 Å². The first-order chi connectivity index (χ1) is 10.4. The minimum absolute atomic E-state index is 0.118. The highest BCUT2D eigenvalue weighted by Gasteiger charge is 2.22. The second kappa shape index (κ2) is 8.78. The van der Waals surface area contributed by atoms with Crippen molar-refractivity contribution in [2.75, 3.05) is 7.11 Å². The number of rotatable bonds is 7. The van der Waals surface area contributed by atoms with Crippen LogP contribution in [-0.2, 0) is 30.5 Å². The Kier molecular flexibility index (Phi) is 7.04. The number of methoxy groups -OCH3 is 1. The number of nitrogens with two attached hydrogens (primary N) is 1. The molecule has 0 aromatic heterocycles. The van der Waals surface area contributed by atoms with Crippen LogP contribution < -0.4 is 11.1 Å². The van der Waals surface area contributed by atoms with Gasteiger partial charge in [-0.25, -0.2) is 4.79 Å². The summed E-state index contributed by atoms with van der Waals surface area (Å²) in [6.07, 6.45) is -0.271. The molecule has 0 aliphatic rings. The Morgan fingerprint density at radius 3 is 2.45 bits per heavy atom. The topological polar surface area (TPSA) is 108 Å². The van der Waals surface area contributed by atoms with E-state index in [1.807, 2.05) is 30.3 Å². The van der Waals surface area contributed by atoms with E-state index < -0.39 is 29.9 Å². The Hall–Kier alpha value is -2.41. The SMILES string of the molecule is COC(=O)[C@H](C)NC(=O)[C@H](N)CC(=O)OCc1ccccc1. The largest absolute Gasteiger partial charge is 0.467 e. The summed E-state index contributed by atoms with van der Waals surface area (Å²) < 4.78 is 9.51. The van der Waals surface area contributed by atoms with Crippen molar-refractivity contribution in [3.05, 3.63) is 35.9 Å². The van der Waals surface area contributed by atoms with Crippen molar-refractivity contribution >= 4 is 17.8 Å². The maximum atomic E-state index is 11.7. The summed E-state index contributed by atoms with van der Waals surface area (Å²) in [6.45, 7) is 1.58. The first-order valence-corrected chi connectivity index (χ1v) is 6.77. The van der Waals surface area contributed by atoms with E-state index in [2.05, 4.69) is 10.1 Å². The highest BCUT2D eigenvalue weighted by atomic mass is 16.5. The van der Waals surface area contributed by atoms with Gasteiger partial charge in [0.1, 0.15) is 12.6 Å². The van der Waals surface area contributed by atoms with E-state index in [4.69, 9.17) is 10.5 Å². The molecule has 1 aromatic carbocycles. The number of benzene rings is 1. The van der Waals surface area contributed by atoms with Gasteiger partial charge in [0.05, 0.1) is 19.6 Å². The van der Waals surface area contributed by atoms with Crippen LogP contribution in [0, 0.1) is 0 Å². The van der Waals surface area contributed by atoms with Gasteiger partial charge in [0.25, 0.3) is 0 Å². The molecule has 0 radical (unpaired) electrons. The summed E-state index contributed by atoms with van der Waals surface area (Å²) in [7, 11) is 1.21. The summed E-state index contributed by atoms with van der Waals surface area (Å²) in [5.41, 5.74) is 6.45. The molecule has 1 amide bonds. The van der Waals surface area contributed by atoms with Crippen molar-refractivity contribution < 1.29 is 23.9 Å². The van der Waals surface area contributed by atoms with Gasteiger partial charge in [-0.15, -0.1) is 0 Å². The van der Waals surface area contributed by atoms with Crippen LogP contribution in [0.5, 0.6) is 0 Å². The summed E-state index contributed by atoms with van der Waals surface area (Å²) in [5.74, 6) is -1.79. The van der Waals surface area contributed by atoms with Gasteiger partial charge in [0.15, 0.2) is 0 Å². The predicted molar refractivity (Wildman–Crippen MR) is 78.5 cm³/mol. The number of hydrogen-bond acceptors (Lipinski definition) is 6. The zero-order valence-corrected chi connectivity index (χ0v) is 12.6. The van der Waals surface area contributed by atoms with Gasteiger partial charge in [-0.05, 0) is 12.5 Å². The Morgan fingerprint density at radius 1 is 1.23 bits per heavy atom. The first-order valence-electron chi connectivity index (χ1n) is 6.77. The van der Waals surface area contributed by atoms with Crippen LogP contribution in [0.1, 0.15) is 18.9 Å². The van der Waals surface area contributed by atoms with Crippen molar-refractivity contribution in [3.63, 3.8) is 0 Å². The molecule has 0 spiro atoms. The van der Waals surface area contributed by atoms with E-state index in [0.29, 0.717) is 0 Å². The fourth-order valence-electron chi connectivity index (χ4n) is 1.63. The van der Waals surface area contributed by atoms with Gasteiger partial charge in [-0.2, -0.15) is 0 Å². The number of carbonyl (C=O) groups is 3. The van der Waals surface area contributed by atoms with Crippen LogP contribution in [0.3, 0.4) is 0 Å². The van der Waals surface area contributed by atoms with Crippen LogP contribution in [0.15, 0.2) is 30.3 Å². The molecule has 0 aliphatic heterocycles. The lowest BCUT2D eigenvalue weighted by molar-refractivity contribution is -0.147. The van der Waals surface area contributed by atoms with Crippen LogP contribution in [-0.4, -0.2) is 37.0 Å². The minimum atomic E-state index is -1.09. The fraction of sp³-hybridized carbons (Fsp3) is 0.400. The van der Waals surface area contributed by atoms with E-state index in [-0.39, 0.29) is 13.0 Å². The van der Waals surface area contributed by atoms with Crippen LogP contribution in [0.2, 0.25) is 0 Å². The predicted octanol–water partition coefficient (Wildman–Crippen LogP) is 0.125. The number of nitrogens with one attached hydrogen (secondary N) is 1. The molecule has 7 nitrogen and oxygen atoms in total. The lowest BCUT2D eigenvalue weighted by Gasteiger charge is -2.15. The summed E-state index contributed by atoms with van der Waals surface area (Å²) in [6, 6.07) is 7.23. The third kappa shape index (κ3) is 5.92. The van der Waals surface area contributed by atoms with Crippen molar-refractivity contribution in [1.82, 2.24) is 5.32 Å². The standard InChI is InChI=1S/C15H20N2O5/c1-10(15(20)21-2)17-14(19)12(16)8-13(18)22-9-11-6-4-3-5-7-11/h3-7,10,12H,8-9,16H2,1-2H3,(H,17,19)/t10-,12+/m0/s1. The number of carbonyl (C=O) groups excluding carboxylic acids is 3. The number of amides is 1. The van der Waals surface area contributed by atoms with Crippen molar-refractivity contribution in [3.8, 4) is 0 Å². The molecule has 0 bridgehead atoms. The van der Waals surface area contributed by atoms with Gasteiger partial charge >= 0.3 is 11.9 Å². The quantitative estimate of drug-likeness (QED) is 0.693. The first kappa shape index (κ1) is 17.6. The van der Waals surface area contributed by atoms with Crippen LogP contribution >= 0.6 is 0 Å². The second-order valence-electron chi connectivity index (χ2n) is 4.71. The van der Waals surface area contributed by atoms with Gasteiger partial charge < -0.3 is 20.5 Å². The Bertz CT molecular complexity index is 518. The highest BCUT2D eigenvalue weighted by Crippen LogP contribution is 2.02. The van der Waals surface area contributed by atoms with E-state index in [1.54, 1.807) is 0 Å². The molecule has 7 heteroatoms. The molecule has 0 unspecified atom stereocenters. The molecule has 0 fully saturated rings. The zero-order valence-electron chi connectivity index (χ0n) is 12.6. The monoisotopic (exact) mass is 308 g/mol. The summed E-state index contributed by atoms with van der Waals surface area (Å²) >= 11 is 0. The van der Waals surface area contributed by atoms with E-state index in [9.17, 15) is 14.4 Å². The van der Waals surface area contributed by atoms with Gasteiger partial charge in [0.2, 0.25) is 5.91 Å². The molecular formula is C15H20N2O5. The van der Waals surface area contributed by atoms with Crippen molar-refractivity contribution in [1.29, 1.82) is 0 Å². The van der Waals surface area contributed by atoms with Crippen LogP contribution in [0.4, 0.5) is 0 Å². The normalized spacial score (nSPS) is 12.9. The summed E-state index contributed by atoms with van der Waals surface area (Å²) in [5, 5.41) is 2.36. The van der Waals surface area contributed by atoms with Crippen molar-refractivity contribution in [2.45, 2.75) is 32.0 Å². The van der Waals surface area contributed by atoms with Gasteiger partial charge in [-0.1, -0.05) is 30.3 Å². The highest BCUT2D eigenvalue weighted by molar-refractivity contribution is 5.89. The molecule has 3 N–H and O–H groups in total. The molecule has 120 valence electrons. The zero-order chi connectivity index (χ0) is 16.5. The fourth-order valence-corrected chi connectivity index (χ4v) is 1.63. The number of hydrogen-bond donors (Lipinski definition) is 2. The maximum absolute atomic E-state index is 11.7. The molecule has 1 aromatic rings. The minimum Gasteiger partial charge on any atom is -0.467 e. The molecular weight excluding hydrogens is 288 g/mol. The van der Waals surface area contributed by atoms with E-state index in [0.717, 1.165) is 5.56 Å². The van der Waals surface area contributed by atoms with Gasteiger partial charge in [0, 0.05) is 0 Å².